The minimum atomic E-state index is -4.87. The number of benzene rings is 1. The average molecular weight is 300 g/mol. The van der Waals surface area contributed by atoms with E-state index in [1.165, 1.54) is 18.2 Å². The summed E-state index contributed by atoms with van der Waals surface area (Å²) in [5.74, 6) is -1.30. The van der Waals surface area contributed by atoms with E-state index in [1.54, 1.807) is 6.07 Å². The second-order valence-electron chi connectivity index (χ2n) is 4.16. The molecule has 19 heavy (non-hydrogen) atoms. The molecule has 6 nitrogen and oxygen atoms in total. The van der Waals surface area contributed by atoms with E-state index in [4.69, 9.17) is 0 Å². The van der Waals surface area contributed by atoms with Crippen LogP contribution in [-0.2, 0) is 10.1 Å². The summed E-state index contributed by atoms with van der Waals surface area (Å²) >= 11 is 0. The Morgan fingerprint density at radius 1 is 1.16 bits per heavy atom. The van der Waals surface area contributed by atoms with E-state index in [-0.39, 0.29) is 46.2 Å². The molecule has 0 fully saturated rings. The molecule has 0 saturated carbocycles. The summed E-state index contributed by atoms with van der Waals surface area (Å²) in [4.78, 5) is 23.7. The maximum Gasteiger partial charge on any atom is 1.00 e. The minimum Gasteiger partial charge on any atom is -0.747 e. The quantitative estimate of drug-likeness (QED) is 0.402. The van der Waals surface area contributed by atoms with Crippen molar-refractivity contribution >= 4 is 21.7 Å². The summed E-state index contributed by atoms with van der Waals surface area (Å²) in [6.45, 7) is 1.01. The fraction of sp³-hybridized carbons (Fsp3) is 0.273. The zero-order valence-corrected chi connectivity index (χ0v) is 13.3. The van der Waals surface area contributed by atoms with E-state index < -0.39 is 32.9 Å². The van der Waals surface area contributed by atoms with Gasteiger partial charge in [-0.15, -0.1) is 0 Å². The Kier molecular flexibility index (Phi) is 5.65. The number of hydrogen-bond donors (Lipinski definition) is 0. The number of carbonyl (C=O) groups is 2. The van der Waals surface area contributed by atoms with Gasteiger partial charge in [0, 0.05) is 17.5 Å². The largest absolute Gasteiger partial charge is 1.00 e. The third-order valence-electron chi connectivity index (χ3n) is 3.00. The number of carbonyl (C=O) groups excluding carboxylic acids is 2. The number of rotatable bonds is 1. The van der Waals surface area contributed by atoms with Crippen LogP contribution in [-0.4, -0.2) is 34.8 Å². The molecule has 8 heteroatoms. The second kappa shape index (κ2) is 5.82. The first kappa shape index (κ1) is 18.4. The predicted octanol–water partition coefficient (Wildman–Crippen LogP) is -3.06. The van der Waals surface area contributed by atoms with Crippen LogP contribution >= 0.6 is 0 Å². The maximum absolute atomic E-state index is 12.0. The number of ketones is 2. The monoisotopic (exact) mass is 300 g/mol. The van der Waals surface area contributed by atoms with Crippen LogP contribution in [0.5, 0.6) is 0 Å². The summed E-state index contributed by atoms with van der Waals surface area (Å²) < 4.78 is 31.3. The van der Waals surface area contributed by atoms with Crippen LogP contribution in [0.25, 0.3) is 0 Å². The Morgan fingerprint density at radius 2 is 1.63 bits per heavy atom. The minimum absolute atomic E-state index is 0. The molecule has 1 atom stereocenters. The van der Waals surface area contributed by atoms with Gasteiger partial charge in [0.15, 0.2) is 11.6 Å². The summed E-state index contributed by atoms with van der Waals surface area (Å²) in [5.41, 5.74) is 0.185. The summed E-state index contributed by atoms with van der Waals surface area (Å²) in [6.07, 6.45) is -0.589. The molecule has 1 aliphatic carbocycles. The van der Waals surface area contributed by atoms with E-state index >= 15 is 0 Å². The molecule has 98 valence electrons. The fourth-order valence-corrected chi connectivity index (χ4v) is 2.54. The Labute approximate surface area is 132 Å². The van der Waals surface area contributed by atoms with Crippen molar-refractivity contribution in [1.82, 2.24) is 0 Å². The zero-order chi connectivity index (χ0) is 12.8. The first-order valence-corrected chi connectivity index (χ1v) is 6.31. The van der Waals surface area contributed by atoms with Gasteiger partial charge >= 0.3 is 29.6 Å². The van der Waals surface area contributed by atoms with Gasteiger partial charge < -0.3 is 10.0 Å². The van der Waals surface area contributed by atoms with E-state index in [9.17, 15) is 22.6 Å². The Balaban J connectivity index is 0.00000162. The summed E-state index contributed by atoms with van der Waals surface area (Å²) in [5, 5.41) is 0. The van der Waals surface area contributed by atoms with Crippen molar-refractivity contribution in [2.75, 3.05) is 0 Å². The third kappa shape index (κ3) is 2.81. The van der Waals surface area contributed by atoms with Gasteiger partial charge in [0.2, 0.25) is 0 Å². The van der Waals surface area contributed by atoms with Crippen molar-refractivity contribution in [2.24, 2.45) is 0 Å². The topological polar surface area (TPSA) is 123 Å². The van der Waals surface area contributed by atoms with E-state index in [0.29, 0.717) is 0 Å². The molecular formula is C11H11NaO6S. The number of Topliss-reactive ketones (excluding diaryl/α,β-unsaturated/α-hetero) is 2. The molecule has 2 N–H and O–H groups in total. The van der Waals surface area contributed by atoms with Gasteiger partial charge in [0.25, 0.3) is 0 Å². The van der Waals surface area contributed by atoms with E-state index in [0.717, 1.165) is 6.92 Å². The van der Waals surface area contributed by atoms with Crippen LogP contribution in [0.4, 0.5) is 0 Å². The first-order chi connectivity index (χ1) is 7.77. The summed E-state index contributed by atoms with van der Waals surface area (Å²) in [6, 6.07) is 5.91. The van der Waals surface area contributed by atoms with Crippen LogP contribution in [0, 0.1) is 0 Å². The molecule has 0 bridgehead atoms. The van der Waals surface area contributed by atoms with Gasteiger partial charge in [-0.05, 0) is 6.92 Å². The van der Waals surface area contributed by atoms with E-state index in [2.05, 4.69) is 0 Å². The Bertz CT molecular complexity index is 624. The van der Waals surface area contributed by atoms with Crippen molar-refractivity contribution in [3.8, 4) is 0 Å². The number of hydrogen-bond acceptors (Lipinski definition) is 5. The first-order valence-electron chi connectivity index (χ1n) is 4.90. The second-order valence-corrected chi connectivity index (χ2v) is 5.97. The molecule has 0 amide bonds. The third-order valence-corrected chi connectivity index (χ3v) is 4.44. The molecule has 1 aliphatic rings. The van der Waals surface area contributed by atoms with Gasteiger partial charge in [0.05, 0.1) is 0 Å². The van der Waals surface area contributed by atoms with Crippen LogP contribution in [0.3, 0.4) is 0 Å². The molecule has 1 unspecified atom stereocenters. The van der Waals surface area contributed by atoms with Crippen molar-refractivity contribution < 1.29 is 57.6 Å². The molecular weight excluding hydrogens is 289 g/mol. The molecule has 0 spiro atoms. The van der Waals surface area contributed by atoms with Crippen molar-refractivity contribution in [3.05, 3.63) is 35.4 Å². The maximum atomic E-state index is 12.0. The molecule has 1 aromatic carbocycles. The Morgan fingerprint density at radius 3 is 2.11 bits per heavy atom. The molecule has 0 aromatic heterocycles. The van der Waals surface area contributed by atoms with Crippen LogP contribution in [0.2, 0.25) is 0 Å². The standard InChI is InChI=1S/C11H10O5S.Na.H2O/c1-11(17(14,15)16)6-9(12)7-4-2-3-5-8(7)10(11)13;;/h2-5H,6H2,1H3,(H,14,15,16);;1H2/q;+1;/p-1/i2+1,3+1,4+1,5+1,7+1,8+1;;. The van der Waals surface area contributed by atoms with Crippen molar-refractivity contribution in [3.63, 3.8) is 0 Å². The normalized spacial score (nSPS) is 22.0. The SMILES string of the molecule is CC1(S(=O)(=O)[O-])CC(=O)[13c]2[13cH][13cH][13cH][13cH][13c]2C1=O.O.[Na+]. The molecule has 0 radical (unpaired) electrons. The van der Waals surface area contributed by atoms with Gasteiger partial charge in [-0.25, -0.2) is 8.42 Å². The summed E-state index contributed by atoms with van der Waals surface area (Å²) in [7, 11) is -4.87. The van der Waals surface area contributed by atoms with Crippen LogP contribution in [0.1, 0.15) is 34.1 Å². The molecule has 1 aromatic rings. The predicted molar refractivity (Wildman–Crippen MR) is 61.4 cm³/mol. The van der Waals surface area contributed by atoms with Gasteiger partial charge in [-0.3, -0.25) is 9.59 Å². The van der Waals surface area contributed by atoms with Gasteiger partial charge in [0.1, 0.15) is 14.9 Å². The molecule has 0 aliphatic heterocycles. The molecule has 2 rings (SSSR count). The molecule has 0 heterocycles. The van der Waals surface area contributed by atoms with Crippen molar-refractivity contribution in [1.29, 1.82) is 0 Å². The van der Waals surface area contributed by atoms with Gasteiger partial charge in [-0.2, -0.15) is 0 Å². The van der Waals surface area contributed by atoms with Gasteiger partial charge in [-0.1, -0.05) is 24.3 Å². The van der Waals surface area contributed by atoms with E-state index in [1.807, 2.05) is 0 Å². The zero-order valence-electron chi connectivity index (χ0n) is 10.5. The average Bonchev–Trinajstić information content (AvgIpc) is 2.25. The molecule has 0 saturated heterocycles. The van der Waals surface area contributed by atoms with Crippen LogP contribution in [0.15, 0.2) is 24.3 Å². The van der Waals surface area contributed by atoms with Crippen LogP contribution < -0.4 is 29.6 Å². The fourth-order valence-electron chi connectivity index (χ4n) is 1.89. The smallest absolute Gasteiger partial charge is 0.747 e. The number of fused-ring (bicyclic) bond motifs is 1. The Hall–Kier alpha value is -0.570. The van der Waals surface area contributed by atoms with Crippen molar-refractivity contribution in [2.45, 2.75) is 18.1 Å².